The molecular formula is C24H23F3N4O3. The molecule has 0 radical (unpaired) electrons. The van der Waals surface area contributed by atoms with Gasteiger partial charge < -0.3 is 15.4 Å². The van der Waals surface area contributed by atoms with Gasteiger partial charge in [-0.2, -0.15) is 13.2 Å². The molecule has 34 heavy (non-hydrogen) atoms. The third kappa shape index (κ3) is 5.22. The molecule has 2 aromatic carbocycles. The molecule has 3 aromatic rings. The second kappa shape index (κ2) is 9.20. The number of hydrogen-bond acceptors (Lipinski definition) is 4. The monoisotopic (exact) mass is 472 g/mol. The van der Waals surface area contributed by atoms with Crippen molar-refractivity contribution in [2.75, 3.05) is 18.5 Å². The van der Waals surface area contributed by atoms with E-state index in [1.165, 1.54) is 12.1 Å². The Labute approximate surface area is 193 Å². The molecule has 1 aliphatic rings. The molecule has 1 saturated heterocycles. The molecule has 0 unspecified atom stereocenters. The van der Waals surface area contributed by atoms with E-state index in [4.69, 9.17) is 4.74 Å². The Morgan fingerprint density at radius 2 is 1.94 bits per heavy atom. The number of halogens is 3. The van der Waals surface area contributed by atoms with Gasteiger partial charge in [-0.1, -0.05) is 36.8 Å². The van der Waals surface area contributed by atoms with Crippen molar-refractivity contribution in [2.24, 2.45) is 11.8 Å². The summed E-state index contributed by atoms with van der Waals surface area (Å²) in [4.78, 5) is 24.5. The highest BCUT2D eigenvalue weighted by Crippen LogP contribution is 2.30. The molecule has 2 amide bonds. The molecule has 2 heterocycles. The van der Waals surface area contributed by atoms with Crippen LogP contribution >= 0.6 is 0 Å². The maximum Gasteiger partial charge on any atom is 0.422 e. The average molecular weight is 472 g/mol. The summed E-state index contributed by atoms with van der Waals surface area (Å²) in [5.74, 6) is -1.19. The Kier molecular flexibility index (Phi) is 6.32. The van der Waals surface area contributed by atoms with E-state index in [0.717, 1.165) is 5.56 Å². The molecule has 1 aromatic heterocycles. The lowest BCUT2D eigenvalue weighted by atomic mass is 9.97. The molecule has 1 fully saturated rings. The highest BCUT2D eigenvalue weighted by atomic mass is 19.4. The first kappa shape index (κ1) is 23.3. The summed E-state index contributed by atoms with van der Waals surface area (Å²) in [6, 6.07) is 15.4. The Balaban J connectivity index is 1.67. The van der Waals surface area contributed by atoms with Crippen molar-refractivity contribution in [1.82, 2.24) is 15.1 Å². The van der Waals surface area contributed by atoms with Crippen LogP contribution in [0.4, 0.5) is 19.0 Å². The van der Waals surface area contributed by atoms with E-state index in [0.29, 0.717) is 16.9 Å². The van der Waals surface area contributed by atoms with Crippen molar-refractivity contribution in [3.63, 3.8) is 0 Å². The lowest BCUT2D eigenvalue weighted by Crippen LogP contribution is -2.28. The Bertz CT molecular complexity index is 1200. The van der Waals surface area contributed by atoms with Gasteiger partial charge in [0.1, 0.15) is 5.75 Å². The number of aryl methyl sites for hydroxylation is 1. The summed E-state index contributed by atoms with van der Waals surface area (Å²) < 4.78 is 44.2. The second-order valence-corrected chi connectivity index (χ2v) is 8.22. The minimum Gasteiger partial charge on any atom is -0.484 e. The van der Waals surface area contributed by atoms with Gasteiger partial charge in [0.05, 0.1) is 17.3 Å². The first-order valence-electron chi connectivity index (χ1n) is 10.7. The number of aromatic nitrogens is 2. The summed E-state index contributed by atoms with van der Waals surface area (Å²) in [6.07, 6.45) is -4.45. The van der Waals surface area contributed by atoms with Crippen molar-refractivity contribution in [3.8, 4) is 22.7 Å². The van der Waals surface area contributed by atoms with Gasteiger partial charge in [-0.25, -0.2) is 4.68 Å². The van der Waals surface area contributed by atoms with Crippen LogP contribution in [0.5, 0.6) is 5.75 Å². The topological polar surface area (TPSA) is 85.3 Å². The van der Waals surface area contributed by atoms with Crippen LogP contribution in [0.15, 0.2) is 54.6 Å². The number of rotatable bonds is 6. The van der Waals surface area contributed by atoms with E-state index in [9.17, 15) is 22.8 Å². The fourth-order valence-electron chi connectivity index (χ4n) is 3.71. The van der Waals surface area contributed by atoms with Gasteiger partial charge in [-0.05, 0) is 31.2 Å². The molecule has 0 spiro atoms. The smallest absolute Gasteiger partial charge is 0.422 e. The summed E-state index contributed by atoms with van der Waals surface area (Å²) >= 11 is 0. The number of hydrogen-bond donors (Lipinski definition) is 2. The number of alkyl halides is 3. The van der Waals surface area contributed by atoms with Crippen LogP contribution in [-0.4, -0.2) is 40.9 Å². The van der Waals surface area contributed by atoms with Gasteiger partial charge in [0.25, 0.3) is 0 Å². The van der Waals surface area contributed by atoms with Gasteiger partial charge in [0.2, 0.25) is 11.8 Å². The van der Waals surface area contributed by atoms with Crippen LogP contribution in [-0.2, 0) is 9.59 Å². The van der Waals surface area contributed by atoms with E-state index in [2.05, 4.69) is 15.7 Å². The van der Waals surface area contributed by atoms with Gasteiger partial charge in [-0.3, -0.25) is 9.59 Å². The summed E-state index contributed by atoms with van der Waals surface area (Å²) in [6.45, 7) is 2.48. The quantitative estimate of drug-likeness (QED) is 0.566. The third-order valence-corrected chi connectivity index (χ3v) is 5.62. The van der Waals surface area contributed by atoms with Gasteiger partial charge >= 0.3 is 6.18 Å². The lowest BCUT2D eigenvalue weighted by Gasteiger charge is -2.11. The zero-order chi connectivity index (χ0) is 24.5. The number of benzene rings is 2. The SMILES string of the molecule is Cc1ccc(-n2nc(NC(=O)[C@H]3CNC(=O)[C@@H]3C)cc2-c2cccc(OCC(F)(F)F)c2)cc1. The average Bonchev–Trinajstić information content (AvgIpc) is 3.36. The number of carbonyl (C=O) groups is 2. The first-order chi connectivity index (χ1) is 16.1. The van der Waals surface area contributed by atoms with Crippen LogP contribution in [0.25, 0.3) is 16.9 Å². The third-order valence-electron chi connectivity index (χ3n) is 5.62. The predicted molar refractivity (Wildman–Crippen MR) is 120 cm³/mol. The van der Waals surface area contributed by atoms with E-state index < -0.39 is 24.6 Å². The van der Waals surface area contributed by atoms with Crippen molar-refractivity contribution >= 4 is 17.6 Å². The minimum atomic E-state index is -4.45. The fourth-order valence-corrected chi connectivity index (χ4v) is 3.71. The maximum atomic E-state index is 12.8. The molecule has 2 N–H and O–H groups in total. The minimum absolute atomic E-state index is 0.0569. The highest BCUT2D eigenvalue weighted by molar-refractivity contribution is 5.98. The van der Waals surface area contributed by atoms with Crippen LogP contribution in [0.1, 0.15) is 12.5 Å². The fraction of sp³-hybridized carbons (Fsp3) is 0.292. The van der Waals surface area contributed by atoms with E-state index in [-0.39, 0.29) is 29.9 Å². The molecule has 10 heteroatoms. The molecule has 178 valence electrons. The Morgan fingerprint density at radius 1 is 1.21 bits per heavy atom. The van der Waals surface area contributed by atoms with E-state index in [1.807, 2.05) is 31.2 Å². The van der Waals surface area contributed by atoms with Crippen molar-refractivity contribution in [3.05, 3.63) is 60.2 Å². The maximum absolute atomic E-state index is 12.8. The highest BCUT2D eigenvalue weighted by Gasteiger charge is 2.36. The Hall–Kier alpha value is -3.82. The zero-order valence-corrected chi connectivity index (χ0v) is 18.5. The summed E-state index contributed by atoms with van der Waals surface area (Å²) in [5, 5.41) is 9.95. The summed E-state index contributed by atoms with van der Waals surface area (Å²) in [5.41, 5.74) is 2.85. The van der Waals surface area contributed by atoms with Crippen LogP contribution in [0, 0.1) is 18.8 Å². The number of carbonyl (C=O) groups excluding carboxylic acids is 2. The molecule has 0 aliphatic carbocycles. The first-order valence-corrected chi connectivity index (χ1v) is 10.7. The number of ether oxygens (including phenoxy) is 1. The molecule has 2 atom stereocenters. The van der Waals surface area contributed by atoms with Crippen LogP contribution in [0.2, 0.25) is 0 Å². The number of nitrogens with one attached hydrogen (secondary N) is 2. The lowest BCUT2D eigenvalue weighted by molar-refractivity contribution is -0.153. The number of anilines is 1. The van der Waals surface area contributed by atoms with E-state index in [1.54, 1.807) is 29.8 Å². The second-order valence-electron chi connectivity index (χ2n) is 8.22. The molecule has 0 bridgehead atoms. The molecule has 4 rings (SSSR count). The number of nitrogens with zero attached hydrogens (tertiary/aromatic N) is 2. The molecule has 1 aliphatic heterocycles. The number of amides is 2. The van der Waals surface area contributed by atoms with Gasteiger partial charge in [0.15, 0.2) is 12.4 Å². The molecule has 7 nitrogen and oxygen atoms in total. The van der Waals surface area contributed by atoms with Crippen molar-refractivity contribution in [2.45, 2.75) is 20.0 Å². The molecular weight excluding hydrogens is 449 g/mol. The van der Waals surface area contributed by atoms with E-state index >= 15 is 0 Å². The Morgan fingerprint density at radius 3 is 2.59 bits per heavy atom. The molecule has 0 saturated carbocycles. The van der Waals surface area contributed by atoms with Gasteiger partial charge in [0, 0.05) is 24.1 Å². The van der Waals surface area contributed by atoms with Crippen molar-refractivity contribution in [1.29, 1.82) is 0 Å². The van der Waals surface area contributed by atoms with Crippen LogP contribution < -0.4 is 15.4 Å². The largest absolute Gasteiger partial charge is 0.484 e. The zero-order valence-electron chi connectivity index (χ0n) is 18.5. The van der Waals surface area contributed by atoms with Crippen LogP contribution in [0.3, 0.4) is 0 Å². The summed E-state index contributed by atoms with van der Waals surface area (Å²) in [7, 11) is 0. The van der Waals surface area contributed by atoms with Gasteiger partial charge in [-0.15, -0.1) is 5.10 Å². The standard InChI is InChI=1S/C24H23F3N4O3/c1-14-6-8-17(9-7-14)31-20(16-4-3-5-18(10-16)34-13-24(25,26)27)11-21(30-31)29-23(33)19-12-28-22(32)15(19)2/h3-11,15,19H,12-13H2,1-2H3,(H,28,32)(H,29,30,33)/t15-,19+/m1/s1. The normalized spacial score (nSPS) is 18.0. The van der Waals surface area contributed by atoms with Crippen molar-refractivity contribution < 1.29 is 27.5 Å². The predicted octanol–water partition coefficient (Wildman–Crippen LogP) is 4.11.